The number of carbonyl (C=O) groups is 1. The van der Waals surface area contributed by atoms with E-state index in [0.717, 1.165) is 16.8 Å². The molecule has 0 N–H and O–H groups in total. The summed E-state index contributed by atoms with van der Waals surface area (Å²) < 4.78 is 0. The first-order valence-electron chi connectivity index (χ1n) is 4.12. The third-order valence-corrected chi connectivity index (χ3v) is 1.91. The van der Waals surface area contributed by atoms with Crippen LogP contribution in [0.5, 0.6) is 0 Å². The Morgan fingerprint density at radius 3 is 3.08 bits per heavy atom. The third kappa shape index (κ3) is 1.59. The predicted molar refractivity (Wildman–Crippen MR) is 50.2 cm³/mol. The molecule has 0 bridgehead atoms. The summed E-state index contributed by atoms with van der Waals surface area (Å²) in [5.41, 5.74) is 6.81. The summed E-state index contributed by atoms with van der Waals surface area (Å²) in [5, 5.41) is 3.79. The number of benzene rings is 1. The molecular weight excluding hydrogens is 164 g/mol. The maximum Gasteiger partial charge on any atom is 0.134 e. The average molecular weight is 173 g/mol. The van der Waals surface area contributed by atoms with E-state index in [1.54, 1.807) is 13.1 Å². The van der Waals surface area contributed by atoms with E-state index < -0.39 is 0 Å². The zero-order chi connectivity index (χ0) is 9.26. The Balaban J connectivity index is 2.30. The molecule has 0 fully saturated rings. The molecule has 65 valence electrons. The van der Waals surface area contributed by atoms with Gasteiger partial charge in [-0.05, 0) is 24.6 Å². The molecule has 13 heavy (non-hydrogen) atoms. The lowest BCUT2D eigenvalue weighted by Gasteiger charge is -1.99. The van der Waals surface area contributed by atoms with Gasteiger partial charge in [0.2, 0.25) is 0 Å². The first-order chi connectivity index (χ1) is 6.25. The van der Waals surface area contributed by atoms with Gasteiger partial charge < -0.3 is 0 Å². The molecule has 1 aliphatic rings. The van der Waals surface area contributed by atoms with E-state index in [9.17, 15) is 4.79 Å². The van der Waals surface area contributed by atoms with Gasteiger partial charge in [0.15, 0.2) is 0 Å². The first-order valence-corrected chi connectivity index (χ1v) is 4.12. The molecule has 1 aliphatic heterocycles. The number of Topliss-reactive ketones (excluding diaryl/α,β-unsaturated/α-hetero) is 1. The highest BCUT2D eigenvalue weighted by molar-refractivity contribution is 5.90. The molecule has 1 aromatic carbocycles. The van der Waals surface area contributed by atoms with E-state index in [0.29, 0.717) is 6.42 Å². The van der Waals surface area contributed by atoms with Crippen molar-refractivity contribution in [3.8, 4) is 0 Å². The van der Waals surface area contributed by atoms with E-state index >= 15 is 0 Å². The van der Waals surface area contributed by atoms with Crippen molar-refractivity contribution in [2.24, 2.45) is 5.10 Å². The molecule has 0 saturated carbocycles. The molecule has 0 saturated heterocycles. The zero-order valence-electron chi connectivity index (χ0n) is 7.32. The predicted octanol–water partition coefficient (Wildman–Crippen LogP) is 1.40. The van der Waals surface area contributed by atoms with Gasteiger partial charge in [0.1, 0.15) is 5.78 Å². The Bertz CT molecular complexity index is 383. The van der Waals surface area contributed by atoms with Crippen molar-refractivity contribution in [2.45, 2.75) is 13.3 Å². The van der Waals surface area contributed by atoms with Gasteiger partial charge in [-0.2, -0.15) is 10.5 Å². The fourth-order valence-electron chi connectivity index (χ4n) is 1.35. The maximum atomic E-state index is 10.9. The van der Waals surface area contributed by atoms with E-state index in [1.807, 2.05) is 18.2 Å². The summed E-state index contributed by atoms with van der Waals surface area (Å²) in [6.45, 7) is 1.59. The smallest absolute Gasteiger partial charge is 0.134 e. The fraction of sp³-hybridized carbons (Fsp3) is 0.200. The number of nitrogens with zero attached hydrogens (tertiary/aromatic N) is 2. The molecule has 0 spiro atoms. The Morgan fingerprint density at radius 2 is 2.31 bits per heavy atom. The second kappa shape index (κ2) is 3.01. The van der Waals surface area contributed by atoms with Crippen LogP contribution in [0, 0.1) is 0 Å². The Hall–Kier alpha value is -1.64. The molecule has 0 aromatic heterocycles. The summed E-state index contributed by atoms with van der Waals surface area (Å²) in [6.07, 6.45) is 2.19. The lowest BCUT2D eigenvalue weighted by Crippen LogP contribution is -1.96. The van der Waals surface area contributed by atoms with Gasteiger partial charge in [-0.15, -0.1) is 0 Å². The van der Waals surface area contributed by atoms with Crippen LogP contribution >= 0.6 is 0 Å². The van der Waals surface area contributed by atoms with Crippen LogP contribution in [0.2, 0.25) is 0 Å². The summed E-state index contributed by atoms with van der Waals surface area (Å²) >= 11 is 0. The molecule has 3 nitrogen and oxygen atoms in total. The van der Waals surface area contributed by atoms with E-state index in [2.05, 4.69) is 10.5 Å². The number of hydrogen-bond acceptors (Lipinski definition) is 2. The van der Waals surface area contributed by atoms with Gasteiger partial charge in [-0.3, -0.25) is 4.79 Å². The van der Waals surface area contributed by atoms with Crippen LogP contribution in [0.25, 0.3) is 0 Å². The standard InChI is InChI=1S/C10H9N2O/c1-7(13)4-8-2-3-10-9(5-8)6-11-12-10/h2-3,5-6H,4H2,1H3. The zero-order valence-corrected chi connectivity index (χ0v) is 7.32. The van der Waals surface area contributed by atoms with Crippen molar-refractivity contribution in [3.63, 3.8) is 0 Å². The first kappa shape index (κ1) is 7.98. The lowest BCUT2D eigenvalue weighted by atomic mass is 10.1. The van der Waals surface area contributed by atoms with Crippen LogP contribution < -0.4 is 5.43 Å². The van der Waals surface area contributed by atoms with Gasteiger partial charge in [0, 0.05) is 12.0 Å². The molecular formula is C10H9N2O. The second-order valence-electron chi connectivity index (χ2n) is 3.12. The van der Waals surface area contributed by atoms with Crippen molar-refractivity contribution in [1.82, 2.24) is 5.43 Å². The molecule has 0 aliphatic carbocycles. The van der Waals surface area contributed by atoms with Crippen molar-refractivity contribution in [3.05, 3.63) is 29.3 Å². The van der Waals surface area contributed by atoms with E-state index in [1.165, 1.54) is 0 Å². The number of hydrogen-bond donors (Lipinski definition) is 0. The Labute approximate surface area is 76.5 Å². The number of ketones is 1. The topological polar surface area (TPSA) is 43.5 Å². The molecule has 3 heteroatoms. The molecule has 0 amide bonds. The molecule has 2 rings (SSSR count). The van der Waals surface area contributed by atoms with Gasteiger partial charge in [-0.25, -0.2) is 0 Å². The monoisotopic (exact) mass is 173 g/mol. The van der Waals surface area contributed by atoms with Crippen LogP contribution in [0.3, 0.4) is 0 Å². The molecule has 1 aromatic rings. The Morgan fingerprint density at radius 1 is 1.46 bits per heavy atom. The van der Waals surface area contributed by atoms with Crippen molar-refractivity contribution < 1.29 is 4.79 Å². The number of fused-ring (bicyclic) bond motifs is 1. The minimum atomic E-state index is 0.173. The number of rotatable bonds is 2. The third-order valence-electron chi connectivity index (χ3n) is 1.91. The summed E-state index contributed by atoms with van der Waals surface area (Å²) in [6, 6.07) is 5.76. The highest BCUT2D eigenvalue weighted by Gasteiger charge is 2.08. The van der Waals surface area contributed by atoms with Crippen LogP contribution in [0.1, 0.15) is 18.1 Å². The minimum absolute atomic E-state index is 0.173. The highest BCUT2D eigenvalue weighted by atomic mass is 16.1. The SMILES string of the molecule is CC(=O)Cc1ccc2c(c1)C=N[N]2. The second-order valence-corrected chi connectivity index (χ2v) is 3.12. The molecule has 0 atom stereocenters. The summed E-state index contributed by atoms with van der Waals surface area (Å²) in [5.74, 6) is 0.173. The highest BCUT2D eigenvalue weighted by Crippen LogP contribution is 2.20. The van der Waals surface area contributed by atoms with Gasteiger partial charge in [-0.1, -0.05) is 6.07 Å². The average Bonchev–Trinajstić information content (AvgIpc) is 2.49. The molecule has 1 heterocycles. The fourth-order valence-corrected chi connectivity index (χ4v) is 1.35. The van der Waals surface area contributed by atoms with E-state index in [-0.39, 0.29) is 5.78 Å². The minimum Gasteiger partial charge on any atom is -0.300 e. The van der Waals surface area contributed by atoms with Gasteiger partial charge in [0.25, 0.3) is 0 Å². The quantitative estimate of drug-likeness (QED) is 0.666. The van der Waals surface area contributed by atoms with Crippen LogP contribution in [-0.2, 0) is 11.2 Å². The molecule has 0 unspecified atom stereocenters. The summed E-state index contributed by atoms with van der Waals surface area (Å²) in [4.78, 5) is 10.9. The summed E-state index contributed by atoms with van der Waals surface area (Å²) in [7, 11) is 0. The van der Waals surface area contributed by atoms with Gasteiger partial charge >= 0.3 is 0 Å². The molecule has 1 radical (unpaired) electrons. The normalized spacial score (nSPS) is 12.4. The number of carbonyl (C=O) groups excluding carboxylic acids is 1. The lowest BCUT2D eigenvalue weighted by molar-refractivity contribution is -0.116. The van der Waals surface area contributed by atoms with Crippen molar-refractivity contribution in [2.75, 3.05) is 0 Å². The maximum absolute atomic E-state index is 10.9. The van der Waals surface area contributed by atoms with E-state index in [4.69, 9.17) is 0 Å². The van der Waals surface area contributed by atoms with Crippen LogP contribution in [0.4, 0.5) is 5.69 Å². The Kier molecular flexibility index (Phi) is 1.85. The van der Waals surface area contributed by atoms with Crippen molar-refractivity contribution in [1.29, 1.82) is 0 Å². The van der Waals surface area contributed by atoms with Crippen LogP contribution in [-0.4, -0.2) is 12.0 Å². The van der Waals surface area contributed by atoms with Crippen LogP contribution in [0.15, 0.2) is 23.3 Å². The van der Waals surface area contributed by atoms with Gasteiger partial charge in [0.05, 0.1) is 11.9 Å². The largest absolute Gasteiger partial charge is 0.300 e. The van der Waals surface area contributed by atoms with Crippen molar-refractivity contribution >= 4 is 17.7 Å².